The Kier molecular flexibility index (Phi) is 4.20. The molecule has 0 amide bonds. The van der Waals surface area contributed by atoms with Crippen molar-refractivity contribution in [2.75, 3.05) is 4.90 Å². The number of nitrogens with zero attached hydrogens (tertiary/aromatic N) is 4. The van der Waals surface area contributed by atoms with Gasteiger partial charge < -0.3 is 10.6 Å². The topological polar surface area (TPSA) is 60.0 Å². The van der Waals surface area contributed by atoms with E-state index >= 15 is 0 Å². The van der Waals surface area contributed by atoms with E-state index in [-0.39, 0.29) is 0 Å². The van der Waals surface area contributed by atoms with Crippen LogP contribution in [0.3, 0.4) is 0 Å². The van der Waals surface area contributed by atoms with Crippen LogP contribution in [0.15, 0.2) is 30.6 Å². The van der Waals surface area contributed by atoms with Crippen LogP contribution in [0.1, 0.15) is 37.6 Å². The number of nitrogens with two attached hydrogens (primary N) is 1. The first-order valence-corrected chi connectivity index (χ1v) is 7.74. The normalized spacial score (nSPS) is 14.4. The maximum absolute atomic E-state index is 5.68. The Balaban J connectivity index is 1.79. The van der Waals surface area contributed by atoms with Crippen molar-refractivity contribution in [2.45, 2.75) is 51.9 Å². The Hall–Kier alpha value is -1.88. The van der Waals surface area contributed by atoms with Gasteiger partial charge in [0.25, 0.3) is 0 Å². The summed E-state index contributed by atoms with van der Waals surface area (Å²) >= 11 is 0. The fourth-order valence-corrected chi connectivity index (χ4v) is 2.60. The molecule has 1 aliphatic carbocycles. The van der Waals surface area contributed by atoms with Gasteiger partial charge in [-0.05, 0) is 37.0 Å². The molecule has 1 aromatic heterocycles. The average molecular weight is 285 g/mol. The van der Waals surface area contributed by atoms with Crippen molar-refractivity contribution in [3.8, 4) is 0 Å². The highest BCUT2D eigenvalue weighted by atomic mass is 15.4. The van der Waals surface area contributed by atoms with Crippen molar-refractivity contribution in [2.24, 2.45) is 5.73 Å². The van der Waals surface area contributed by atoms with Gasteiger partial charge in [0, 0.05) is 24.8 Å². The lowest BCUT2D eigenvalue weighted by molar-refractivity contribution is 0.560. The molecule has 0 saturated heterocycles. The number of aromatic nitrogens is 3. The zero-order valence-corrected chi connectivity index (χ0v) is 12.6. The van der Waals surface area contributed by atoms with E-state index in [4.69, 9.17) is 5.73 Å². The molecule has 1 heterocycles. The van der Waals surface area contributed by atoms with Gasteiger partial charge in [-0.25, -0.2) is 9.67 Å². The van der Waals surface area contributed by atoms with Crippen LogP contribution in [0.25, 0.3) is 0 Å². The van der Waals surface area contributed by atoms with Crippen LogP contribution < -0.4 is 10.6 Å². The van der Waals surface area contributed by atoms with Gasteiger partial charge in [-0.15, -0.1) is 0 Å². The Morgan fingerprint density at radius 2 is 2.05 bits per heavy atom. The molecular weight excluding hydrogens is 262 g/mol. The number of hydrogen-bond acceptors (Lipinski definition) is 4. The van der Waals surface area contributed by atoms with Crippen molar-refractivity contribution in [1.82, 2.24) is 14.8 Å². The number of hydrogen-bond donors (Lipinski definition) is 1. The first-order valence-electron chi connectivity index (χ1n) is 7.74. The van der Waals surface area contributed by atoms with E-state index in [9.17, 15) is 0 Å². The molecule has 21 heavy (non-hydrogen) atoms. The zero-order chi connectivity index (χ0) is 14.7. The van der Waals surface area contributed by atoms with Crippen molar-refractivity contribution in [3.05, 3.63) is 42.0 Å². The van der Waals surface area contributed by atoms with Gasteiger partial charge in [0.15, 0.2) is 0 Å². The van der Waals surface area contributed by atoms with Crippen LogP contribution in [0.4, 0.5) is 5.69 Å². The number of rotatable bonds is 7. The fraction of sp³-hybridized carbons (Fsp3) is 0.500. The van der Waals surface area contributed by atoms with E-state index in [0.29, 0.717) is 12.6 Å². The molecule has 5 heteroatoms. The van der Waals surface area contributed by atoms with Crippen molar-refractivity contribution in [1.29, 1.82) is 0 Å². The fourth-order valence-electron chi connectivity index (χ4n) is 2.60. The first-order chi connectivity index (χ1) is 10.3. The summed E-state index contributed by atoms with van der Waals surface area (Å²) in [6.07, 6.45) is 5.26. The van der Waals surface area contributed by atoms with E-state index in [0.717, 1.165) is 25.3 Å². The smallest absolute Gasteiger partial charge is 0.146 e. The maximum atomic E-state index is 5.68. The van der Waals surface area contributed by atoms with Gasteiger partial charge in [-0.2, -0.15) is 5.10 Å². The van der Waals surface area contributed by atoms with Gasteiger partial charge in [0.05, 0.1) is 6.54 Å². The molecule has 2 aromatic rings. The van der Waals surface area contributed by atoms with Gasteiger partial charge in [-0.1, -0.05) is 19.1 Å². The molecule has 0 atom stereocenters. The van der Waals surface area contributed by atoms with Crippen LogP contribution in [0.5, 0.6) is 0 Å². The molecule has 0 radical (unpaired) electrons. The highest BCUT2D eigenvalue weighted by Crippen LogP contribution is 2.32. The monoisotopic (exact) mass is 285 g/mol. The molecule has 0 aliphatic heterocycles. The van der Waals surface area contributed by atoms with Crippen LogP contribution in [-0.2, 0) is 19.6 Å². The molecule has 2 N–H and O–H groups in total. The van der Waals surface area contributed by atoms with Crippen LogP contribution >= 0.6 is 0 Å². The predicted octanol–water partition coefficient (Wildman–Crippen LogP) is 2.32. The molecule has 1 fully saturated rings. The second-order valence-corrected chi connectivity index (χ2v) is 5.63. The van der Waals surface area contributed by atoms with Crippen molar-refractivity contribution >= 4 is 5.69 Å². The lowest BCUT2D eigenvalue weighted by atomic mass is 10.2. The SMILES string of the molecule is CCCn1ncnc1CN(c1ccc(CN)cc1)C1CC1. The first kappa shape index (κ1) is 14.1. The molecule has 112 valence electrons. The van der Waals surface area contributed by atoms with E-state index in [1.54, 1.807) is 6.33 Å². The van der Waals surface area contributed by atoms with Gasteiger partial charge in [0.2, 0.25) is 0 Å². The quantitative estimate of drug-likeness (QED) is 0.848. The van der Waals surface area contributed by atoms with Crippen molar-refractivity contribution in [3.63, 3.8) is 0 Å². The van der Waals surface area contributed by atoms with E-state index in [1.165, 1.54) is 24.1 Å². The van der Waals surface area contributed by atoms with Gasteiger partial charge in [-0.3, -0.25) is 0 Å². The Morgan fingerprint density at radius 1 is 1.29 bits per heavy atom. The molecule has 0 bridgehead atoms. The number of aryl methyl sites for hydroxylation is 1. The number of anilines is 1. The predicted molar refractivity (Wildman–Crippen MR) is 83.9 cm³/mol. The Bertz CT molecular complexity index is 571. The summed E-state index contributed by atoms with van der Waals surface area (Å²) in [6, 6.07) is 9.20. The standard InChI is InChI=1S/C16H23N5/c1-2-9-21-16(18-12-19-21)11-20(15-7-8-15)14-5-3-13(10-17)4-6-14/h3-6,12,15H,2,7-11,17H2,1H3. The highest BCUT2D eigenvalue weighted by Gasteiger charge is 2.30. The van der Waals surface area contributed by atoms with E-state index in [1.807, 2.05) is 4.68 Å². The zero-order valence-electron chi connectivity index (χ0n) is 12.6. The Labute approximate surface area is 125 Å². The second kappa shape index (κ2) is 6.26. The summed E-state index contributed by atoms with van der Waals surface area (Å²) < 4.78 is 2.02. The molecule has 1 aromatic carbocycles. The minimum Gasteiger partial charge on any atom is -0.361 e. The molecule has 1 aliphatic rings. The minimum absolute atomic E-state index is 0.592. The third-order valence-corrected chi connectivity index (χ3v) is 3.93. The largest absolute Gasteiger partial charge is 0.361 e. The Morgan fingerprint density at radius 3 is 2.67 bits per heavy atom. The summed E-state index contributed by atoms with van der Waals surface area (Å²) in [7, 11) is 0. The van der Waals surface area contributed by atoms with Gasteiger partial charge >= 0.3 is 0 Å². The molecular formula is C16H23N5. The second-order valence-electron chi connectivity index (χ2n) is 5.63. The summed E-state index contributed by atoms with van der Waals surface area (Å²) in [5.74, 6) is 1.05. The third-order valence-electron chi connectivity index (χ3n) is 3.93. The summed E-state index contributed by atoms with van der Waals surface area (Å²) in [5, 5.41) is 4.32. The van der Waals surface area contributed by atoms with Crippen LogP contribution in [0, 0.1) is 0 Å². The average Bonchev–Trinajstić information content (AvgIpc) is 3.27. The molecule has 3 rings (SSSR count). The molecule has 1 saturated carbocycles. The highest BCUT2D eigenvalue weighted by molar-refractivity contribution is 5.49. The summed E-state index contributed by atoms with van der Waals surface area (Å²) in [4.78, 5) is 6.88. The molecule has 0 unspecified atom stereocenters. The van der Waals surface area contributed by atoms with E-state index in [2.05, 4.69) is 46.2 Å². The van der Waals surface area contributed by atoms with Crippen LogP contribution in [0.2, 0.25) is 0 Å². The van der Waals surface area contributed by atoms with Crippen LogP contribution in [-0.4, -0.2) is 20.8 Å². The number of benzene rings is 1. The maximum Gasteiger partial charge on any atom is 0.146 e. The molecule has 5 nitrogen and oxygen atoms in total. The molecule has 0 spiro atoms. The summed E-state index contributed by atoms with van der Waals surface area (Å²) in [5.41, 5.74) is 8.10. The van der Waals surface area contributed by atoms with Crippen molar-refractivity contribution < 1.29 is 0 Å². The lowest BCUT2D eigenvalue weighted by Gasteiger charge is -2.24. The summed E-state index contributed by atoms with van der Waals surface area (Å²) in [6.45, 7) is 4.51. The third kappa shape index (κ3) is 3.24. The minimum atomic E-state index is 0.592. The van der Waals surface area contributed by atoms with E-state index < -0.39 is 0 Å². The van der Waals surface area contributed by atoms with Gasteiger partial charge in [0.1, 0.15) is 12.2 Å². The lowest BCUT2D eigenvalue weighted by Crippen LogP contribution is -2.27.